The van der Waals surface area contributed by atoms with Gasteiger partial charge in [-0.15, -0.1) is 0 Å². The van der Waals surface area contributed by atoms with E-state index in [9.17, 15) is 0 Å². The molecule has 0 bridgehead atoms. The minimum atomic E-state index is 0.217. The van der Waals surface area contributed by atoms with Gasteiger partial charge in [-0.05, 0) is 38.8 Å². The van der Waals surface area contributed by atoms with Gasteiger partial charge in [-0.25, -0.2) is 4.98 Å². The van der Waals surface area contributed by atoms with Crippen LogP contribution in [0.5, 0.6) is 0 Å². The summed E-state index contributed by atoms with van der Waals surface area (Å²) < 4.78 is 2.10. The summed E-state index contributed by atoms with van der Waals surface area (Å²) in [4.78, 5) is 7.14. The topological polar surface area (TPSA) is 47.1 Å². The number of hydrogen-bond acceptors (Lipinski definition) is 3. The third-order valence-electron chi connectivity index (χ3n) is 5.22. The molecule has 1 saturated carbocycles. The summed E-state index contributed by atoms with van der Waals surface area (Å²) in [6.45, 7) is 2.49. The van der Waals surface area contributed by atoms with Crippen LogP contribution in [0.15, 0.2) is 12.4 Å². The molecule has 0 radical (unpaired) electrons. The Kier molecular flexibility index (Phi) is 3.63. The number of nitrogens with zero attached hydrogens (tertiary/aromatic N) is 3. The van der Waals surface area contributed by atoms with Crippen molar-refractivity contribution in [2.75, 3.05) is 13.1 Å². The second-order valence-corrected chi connectivity index (χ2v) is 6.27. The van der Waals surface area contributed by atoms with Crippen molar-refractivity contribution >= 4 is 0 Å². The van der Waals surface area contributed by atoms with E-state index in [1.807, 2.05) is 12.4 Å². The first kappa shape index (κ1) is 13.1. The Morgan fingerprint density at radius 3 is 2.53 bits per heavy atom. The fourth-order valence-corrected chi connectivity index (χ4v) is 4.05. The van der Waals surface area contributed by atoms with Crippen LogP contribution >= 0.6 is 0 Å². The van der Waals surface area contributed by atoms with Gasteiger partial charge in [-0.1, -0.05) is 12.8 Å². The van der Waals surface area contributed by atoms with E-state index in [0.29, 0.717) is 0 Å². The molecule has 2 fully saturated rings. The molecular formula is C15H26N4. The third-order valence-corrected chi connectivity index (χ3v) is 5.22. The molecule has 106 valence electrons. The van der Waals surface area contributed by atoms with Crippen LogP contribution in [0, 0.1) is 0 Å². The molecule has 1 aromatic heterocycles. The number of nitrogens with two attached hydrogens (primary N) is 1. The fourth-order valence-electron chi connectivity index (χ4n) is 4.05. The predicted molar refractivity (Wildman–Crippen MR) is 76.9 cm³/mol. The van der Waals surface area contributed by atoms with Gasteiger partial charge in [0.25, 0.3) is 0 Å². The number of imidazole rings is 1. The van der Waals surface area contributed by atoms with Crippen molar-refractivity contribution in [2.45, 2.75) is 56.5 Å². The van der Waals surface area contributed by atoms with Gasteiger partial charge in [0.1, 0.15) is 5.82 Å². The molecule has 4 heteroatoms. The average molecular weight is 262 g/mol. The minimum Gasteiger partial charge on any atom is -0.338 e. The van der Waals surface area contributed by atoms with Crippen molar-refractivity contribution in [2.24, 2.45) is 12.8 Å². The van der Waals surface area contributed by atoms with Gasteiger partial charge in [0.2, 0.25) is 0 Å². The number of aryl methyl sites for hydroxylation is 1. The van der Waals surface area contributed by atoms with Crippen molar-refractivity contribution in [3.8, 4) is 0 Å². The summed E-state index contributed by atoms with van der Waals surface area (Å²) in [6, 6.07) is 0.217. The highest BCUT2D eigenvalue weighted by atomic mass is 15.2. The summed E-state index contributed by atoms with van der Waals surface area (Å²) in [6.07, 6.45) is 12.7. The number of hydrogen-bond donors (Lipinski definition) is 1. The molecule has 4 nitrogen and oxygen atoms in total. The van der Waals surface area contributed by atoms with Crippen LogP contribution < -0.4 is 5.73 Å². The van der Waals surface area contributed by atoms with Crippen LogP contribution in [0.2, 0.25) is 0 Å². The molecule has 2 N–H and O–H groups in total. The Hall–Kier alpha value is -0.870. The summed E-state index contributed by atoms with van der Waals surface area (Å²) >= 11 is 0. The van der Waals surface area contributed by atoms with Gasteiger partial charge in [-0.2, -0.15) is 0 Å². The minimum absolute atomic E-state index is 0.217. The predicted octanol–water partition coefficient (Wildman–Crippen LogP) is 1.70. The molecular weight excluding hydrogens is 236 g/mol. The van der Waals surface area contributed by atoms with E-state index in [4.69, 9.17) is 5.73 Å². The molecule has 1 atom stereocenters. The summed E-state index contributed by atoms with van der Waals surface area (Å²) in [5.74, 6) is 1.12. The van der Waals surface area contributed by atoms with Gasteiger partial charge in [0.15, 0.2) is 0 Å². The second-order valence-electron chi connectivity index (χ2n) is 6.27. The van der Waals surface area contributed by atoms with Crippen LogP contribution in [-0.2, 0) is 13.5 Å². The highest BCUT2D eigenvalue weighted by Crippen LogP contribution is 2.40. The SMILES string of the molecule is Cn1ccnc1CC(N)C1(N2CCCC2)CCCC1. The summed E-state index contributed by atoms with van der Waals surface area (Å²) in [5, 5.41) is 0. The van der Waals surface area contributed by atoms with E-state index in [1.165, 1.54) is 51.6 Å². The molecule has 2 heterocycles. The molecule has 2 aliphatic rings. The van der Waals surface area contributed by atoms with Crippen molar-refractivity contribution in [1.82, 2.24) is 14.5 Å². The van der Waals surface area contributed by atoms with E-state index in [-0.39, 0.29) is 11.6 Å². The van der Waals surface area contributed by atoms with E-state index in [0.717, 1.165) is 12.2 Å². The molecule has 1 aliphatic heterocycles. The number of aromatic nitrogens is 2. The van der Waals surface area contributed by atoms with E-state index < -0.39 is 0 Å². The van der Waals surface area contributed by atoms with Gasteiger partial charge < -0.3 is 10.3 Å². The zero-order valence-corrected chi connectivity index (χ0v) is 12.0. The molecule has 0 aromatic carbocycles. The van der Waals surface area contributed by atoms with E-state index in [1.54, 1.807) is 0 Å². The summed E-state index contributed by atoms with van der Waals surface area (Å²) in [7, 11) is 2.06. The van der Waals surface area contributed by atoms with Crippen LogP contribution in [0.25, 0.3) is 0 Å². The Bertz CT molecular complexity index is 414. The lowest BCUT2D eigenvalue weighted by Gasteiger charge is -2.43. The molecule has 1 unspecified atom stereocenters. The van der Waals surface area contributed by atoms with E-state index in [2.05, 4.69) is 21.5 Å². The zero-order chi connectivity index (χ0) is 13.3. The van der Waals surface area contributed by atoms with Gasteiger partial charge in [-0.3, -0.25) is 4.90 Å². The zero-order valence-electron chi connectivity index (χ0n) is 12.0. The average Bonchev–Trinajstić information content (AvgIpc) is 3.10. The summed E-state index contributed by atoms with van der Waals surface area (Å²) in [5.41, 5.74) is 6.91. The third kappa shape index (κ3) is 2.32. The second kappa shape index (κ2) is 5.25. The Balaban J connectivity index is 1.78. The normalized spacial score (nSPS) is 24.9. The number of rotatable bonds is 4. The van der Waals surface area contributed by atoms with Crippen LogP contribution in [0.1, 0.15) is 44.3 Å². The monoisotopic (exact) mass is 262 g/mol. The van der Waals surface area contributed by atoms with Crippen molar-refractivity contribution in [3.05, 3.63) is 18.2 Å². The first-order valence-corrected chi connectivity index (χ1v) is 7.69. The van der Waals surface area contributed by atoms with Crippen molar-refractivity contribution < 1.29 is 0 Å². The van der Waals surface area contributed by atoms with Crippen LogP contribution in [-0.4, -0.2) is 39.1 Å². The molecule has 3 rings (SSSR count). The number of likely N-dealkylation sites (tertiary alicyclic amines) is 1. The first-order chi connectivity index (χ1) is 9.22. The molecule has 1 saturated heterocycles. The maximum absolute atomic E-state index is 6.66. The molecule has 1 aliphatic carbocycles. The van der Waals surface area contributed by atoms with Crippen molar-refractivity contribution in [3.63, 3.8) is 0 Å². The standard InChI is InChI=1S/C15H26N4/c1-18-11-8-17-14(18)12-13(16)15(6-2-3-7-15)19-9-4-5-10-19/h8,11,13H,2-7,9-10,12,16H2,1H3. The highest BCUT2D eigenvalue weighted by molar-refractivity contribution is 5.07. The lowest BCUT2D eigenvalue weighted by molar-refractivity contribution is 0.0912. The Labute approximate surface area is 116 Å². The van der Waals surface area contributed by atoms with Crippen LogP contribution in [0.3, 0.4) is 0 Å². The van der Waals surface area contributed by atoms with Gasteiger partial charge in [0.05, 0.1) is 0 Å². The van der Waals surface area contributed by atoms with E-state index >= 15 is 0 Å². The first-order valence-electron chi connectivity index (χ1n) is 7.69. The maximum Gasteiger partial charge on any atom is 0.109 e. The highest BCUT2D eigenvalue weighted by Gasteiger charge is 2.45. The van der Waals surface area contributed by atoms with Gasteiger partial charge in [0, 0.05) is 37.4 Å². The van der Waals surface area contributed by atoms with Crippen LogP contribution in [0.4, 0.5) is 0 Å². The molecule has 1 aromatic rings. The largest absolute Gasteiger partial charge is 0.338 e. The lowest BCUT2D eigenvalue weighted by atomic mass is 9.84. The fraction of sp³-hybridized carbons (Fsp3) is 0.800. The molecule has 0 amide bonds. The van der Waals surface area contributed by atoms with Gasteiger partial charge >= 0.3 is 0 Å². The molecule has 0 spiro atoms. The quantitative estimate of drug-likeness (QED) is 0.898. The smallest absolute Gasteiger partial charge is 0.109 e. The molecule has 19 heavy (non-hydrogen) atoms. The maximum atomic E-state index is 6.66. The Morgan fingerprint density at radius 2 is 1.95 bits per heavy atom. The lowest BCUT2D eigenvalue weighted by Crippen LogP contribution is -2.58. The van der Waals surface area contributed by atoms with Crippen molar-refractivity contribution in [1.29, 1.82) is 0 Å². The Morgan fingerprint density at radius 1 is 1.26 bits per heavy atom.